The van der Waals surface area contributed by atoms with Crippen LogP contribution in [0.1, 0.15) is 44.8 Å². The fourth-order valence-electron chi connectivity index (χ4n) is 2.34. The molecule has 0 atom stereocenters. The highest BCUT2D eigenvalue weighted by molar-refractivity contribution is 5.66. The molecule has 0 saturated carbocycles. The molecule has 2 rings (SSSR count). The van der Waals surface area contributed by atoms with E-state index in [9.17, 15) is 0 Å². The lowest BCUT2D eigenvalue weighted by Crippen LogP contribution is -2.16. The van der Waals surface area contributed by atoms with Crippen molar-refractivity contribution in [3.05, 3.63) is 23.1 Å². The van der Waals surface area contributed by atoms with Gasteiger partial charge < -0.3 is 5.32 Å². The van der Waals surface area contributed by atoms with Crippen LogP contribution in [0.4, 0.5) is 5.95 Å². The molecule has 2 heterocycles. The maximum absolute atomic E-state index is 4.67. The van der Waals surface area contributed by atoms with Gasteiger partial charge in [0.25, 0.3) is 0 Å². The SMILES string of the molecule is CCNc1nc(-c2c(C)nn(C)c2C)cc(C(C)(C)C)n1. The van der Waals surface area contributed by atoms with Gasteiger partial charge in [-0.05, 0) is 26.8 Å². The fourth-order valence-corrected chi connectivity index (χ4v) is 2.34. The van der Waals surface area contributed by atoms with Crippen molar-refractivity contribution in [2.75, 3.05) is 11.9 Å². The van der Waals surface area contributed by atoms with Crippen molar-refractivity contribution in [3.8, 4) is 11.3 Å². The van der Waals surface area contributed by atoms with Crippen LogP contribution in [0.15, 0.2) is 6.07 Å². The molecule has 114 valence electrons. The average molecular weight is 287 g/mol. The lowest BCUT2D eigenvalue weighted by Gasteiger charge is -2.19. The number of aryl methyl sites for hydroxylation is 2. The molecule has 5 nitrogen and oxygen atoms in total. The molecule has 0 saturated heterocycles. The van der Waals surface area contributed by atoms with E-state index in [1.165, 1.54) is 0 Å². The molecule has 0 amide bonds. The highest BCUT2D eigenvalue weighted by atomic mass is 15.3. The topological polar surface area (TPSA) is 55.6 Å². The number of nitrogens with one attached hydrogen (secondary N) is 1. The summed E-state index contributed by atoms with van der Waals surface area (Å²) in [4.78, 5) is 9.30. The van der Waals surface area contributed by atoms with Crippen LogP contribution in [0.5, 0.6) is 0 Å². The first-order valence-electron chi connectivity index (χ1n) is 7.38. The van der Waals surface area contributed by atoms with Crippen molar-refractivity contribution in [3.63, 3.8) is 0 Å². The molecule has 2 aromatic rings. The number of anilines is 1. The zero-order chi connectivity index (χ0) is 15.8. The normalized spacial score (nSPS) is 11.8. The summed E-state index contributed by atoms with van der Waals surface area (Å²) >= 11 is 0. The molecule has 0 unspecified atom stereocenters. The predicted octanol–water partition coefficient (Wildman–Crippen LogP) is 3.22. The van der Waals surface area contributed by atoms with E-state index in [4.69, 9.17) is 0 Å². The number of nitrogens with zero attached hydrogens (tertiary/aromatic N) is 4. The van der Waals surface area contributed by atoms with Gasteiger partial charge in [-0.25, -0.2) is 9.97 Å². The maximum atomic E-state index is 4.67. The second kappa shape index (κ2) is 5.47. The summed E-state index contributed by atoms with van der Waals surface area (Å²) in [7, 11) is 1.96. The molecular weight excluding hydrogens is 262 g/mol. The summed E-state index contributed by atoms with van der Waals surface area (Å²) in [6.07, 6.45) is 0. The van der Waals surface area contributed by atoms with E-state index in [0.717, 1.165) is 34.9 Å². The highest BCUT2D eigenvalue weighted by Crippen LogP contribution is 2.29. The summed E-state index contributed by atoms with van der Waals surface area (Å²) in [6, 6.07) is 2.08. The zero-order valence-electron chi connectivity index (χ0n) is 14.1. The number of rotatable bonds is 3. The van der Waals surface area contributed by atoms with E-state index in [0.29, 0.717) is 5.95 Å². The van der Waals surface area contributed by atoms with Crippen LogP contribution in [0, 0.1) is 13.8 Å². The van der Waals surface area contributed by atoms with Crippen molar-refractivity contribution in [2.45, 2.75) is 47.0 Å². The Morgan fingerprint density at radius 1 is 1.19 bits per heavy atom. The zero-order valence-corrected chi connectivity index (χ0v) is 14.1. The van der Waals surface area contributed by atoms with Gasteiger partial charge in [-0.15, -0.1) is 0 Å². The monoisotopic (exact) mass is 287 g/mol. The van der Waals surface area contributed by atoms with E-state index < -0.39 is 0 Å². The molecule has 1 N–H and O–H groups in total. The van der Waals surface area contributed by atoms with Gasteiger partial charge in [0.15, 0.2) is 0 Å². The Morgan fingerprint density at radius 3 is 2.33 bits per heavy atom. The molecule has 2 aromatic heterocycles. The van der Waals surface area contributed by atoms with E-state index in [1.807, 2.05) is 25.6 Å². The van der Waals surface area contributed by atoms with E-state index >= 15 is 0 Å². The molecule has 0 aliphatic rings. The van der Waals surface area contributed by atoms with Crippen LogP contribution < -0.4 is 5.32 Å². The number of hydrogen-bond acceptors (Lipinski definition) is 4. The van der Waals surface area contributed by atoms with Crippen molar-refractivity contribution >= 4 is 5.95 Å². The van der Waals surface area contributed by atoms with Crippen LogP contribution in [0.25, 0.3) is 11.3 Å². The average Bonchev–Trinajstić information content (AvgIpc) is 2.62. The van der Waals surface area contributed by atoms with Crippen LogP contribution >= 0.6 is 0 Å². The Balaban J connectivity index is 2.65. The third-order valence-corrected chi connectivity index (χ3v) is 3.59. The highest BCUT2D eigenvalue weighted by Gasteiger charge is 2.21. The summed E-state index contributed by atoms with van der Waals surface area (Å²) in [5.41, 5.74) is 5.17. The van der Waals surface area contributed by atoms with Crippen LogP contribution in [0.2, 0.25) is 0 Å². The molecule has 0 aliphatic carbocycles. The molecule has 0 spiro atoms. The minimum atomic E-state index is -0.0219. The molecule has 0 bridgehead atoms. The summed E-state index contributed by atoms with van der Waals surface area (Å²) in [5, 5.41) is 7.72. The molecule has 0 aliphatic heterocycles. The first-order valence-corrected chi connectivity index (χ1v) is 7.38. The van der Waals surface area contributed by atoms with Gasteiger partial charge in [-0.2, -0.15) is 5.10 Å². The first kappa shape index (κ1) is 15.5. The lowest BCUT2D eigenvalue weighted by atomic mass is 9.91. The standard InChI is InChI=1S/C16H25N5/c1-8-17-15-18-12(9-13(19-15)16(4,5)6)14-10(2)20-21(7)11(14)3/h9H,8H2,1-7H3,(H,17,18,19). The van der Waals surface area contributed by atoms with Crippen molar-refractivity contribution < 1.29 is 0 Å². The van der Waals surface area contributed by atoms with Crippen molar-refractivity contribution in [1.29, 1.82) is 0 Å². The second-order valence-corrected chi connectivity index (χ2v) is 6.41. The van der Waals surface area contributed by atoms with Crippen LogP contribution in [0.3, 0.4) is 0 Å². The Hall–Kier alpha value is -1.91. The first-order chi connectivity index (χ1) is 9.74. The lowest BCUT2D eigenvalue weighted by molar-refractivity contribution is 0.568. The Labute approximate surface area is 126 Å². The van der Waals surface area contributed by atoms with E-state index in [2.05, 4.69) is 54.1 Å². The van der Waals surface area contributed by atoms with Gasteiger partial charge in [0.1, 0.15) is 0 Å². The van der Waals surface area contributed by atoms with Crippen LogP contribution in [-0.4, -0.2) is 26.3 Å². The van der Waals surface area contributed by atoms with Gasteiger partial charge in [0, 0.05) is 30.3 Å². The Morgan fingerprint density at radius 2 is 1.86 bits per heavy atom. The van der Waals surface area contributed by atoms with Gasteiger partial charge in [-0.3, -0.25) is 4.68 Å². The number of aromatic nitrogens is 4. The van der Waals surface area contributed by atoms with Crippen molar-refractivity contribution in [1.82, 2.24) is 19.7 Å². The molecular formula is C16H25N5. The minimum absolute atomic E-state index is 0.0219. The van der Waals surface area contributed by atoms with Crippen molar-refractivity contribution in [2.24, 2.45) is 7.05 Å². The summed E-state index contributed by atoms with van der Waals surface area (Å²) in [5.74, 6) is 0.683. The minimum Gasteiger partial charge on any atom is -0.354 e. The molecule has 21 heavy (non-hydrogen) atoms. The fraction of sp³-hybridized carbons (Fsp3) is 0.562. The smallest absolute Gasteiger partial charge is 0.223 e. The second-order valence-electron chi connectivity index (χ2n) is 6.41. The molecule has 0 radical (unpaired) electrons. The summed E-state index contributed by atoms with van der Waals surface area (Å²) < 4.78 is 1.90. The van der Waals surface area contributed by atoms with E-state index in [1.54, 1.807) is 0 Å². The maximum Gasteiger partial charge on any atom is 0.223 e. The quantitative estimate of drug-likeness (QED) is 0.941. The van der Waals surface area contributed by atoms with E-state index in [-0.39, 0.29) is 5.41 Å². The molecule has 5 heteroatoms. The Bertz CT molecular complexity index is 649. The third-order valence-electron chi connectivity index (χ3n) is 3.59. The predicted molar refractivity (Wildman–Crippen MR) is 86.6 cm³/mol. The largest absolute Gasteiger partial charge is 0.354 e. The molecule has 0 fully saturated rings. The third kappa shape index (κ3) is 3.06. The number of hydrogen-bond donors (Lipinski definition) is 1. The van der Waals surface area contributed by atoms with Gasteiger partial charge in [0.05, 0.1) is 17.1 Å². The summed E-state index contributed by atoms with van der Waals surface area (Å²) in [6.45, 7) is 13.4. The van der Waals surface area contributed by atoms with Gasteiger partial charge in [-0.1, -0.05) is 20.8 Å². The van der Waals surface area contributed by atoms with Gasteiger partial charge in [0.2, 0.25) is 5.95 Å². The Kier molecular flexibility index (Phi) is 4.03. The van der Waals surface area contributed by atoms with Crippen LogP contribution in [-0.2, 0) is 12.5 Å². The molecule has 0 aromatic carbocycles. The van der Waals surface area contributed by atoms with Gasteiger partial charge >= 0.3 is 0 Å².